The molecule has 0 amide bonds. The van der Waals surface area contributed by atoms with Crippen LogP contribution in [-0.4, -0.2) is 13.1 Å². The normalized spacial score (nSPS) is 8.58. The van der Waals surface area contributed by atoms with Crippen LogP contribution < -0.4 is 5.32 Å². The molecule has 0 spiro atoms. The molecule has 12 heavy (non-hydrogen) atoms. The Morgan fingerprint density at radius 3 is 1.67 bits per heavy atom. The monoisotopic (exact) mass is 165 g/mol. The molecule has 0 atom stereocenters. The predicted molar refractivity (Wildman–Crippen MR) is 55.4 cm³/mol. The van der Waals surface area contributed by atoms with Crippen LogP contribution in [0, 0.1) is 6.92 Å². The summed E-state index contributed by atoms with van der Waals surface area (Å²) in [6, 6.07) is 10.3. The highest BCUT2D eigenvalue weighted by atomic mass is 14.8. The van der Waals surface area contributed by atoms with Crippen molar-refractivity contribution in [2.24, 2.45) is 0 Å². The van der Waals surface area contributed by atoms with Crippen LogP contribution in [0.15, 0.2) is 30.3 Å². The van der Waals surface area contributed by atoms with Gasteiger partial charge in [0.15, 0.2) is 0 Å². The lowest BCUT2D eigenvalue weighted by Gasteiger charge is -1.86. The van der Waals surface area contributed by atoms with Crippen molar-refractivity contribution in [3.8, 4) is 0 Å². The van der Waals surface area contributed by atoms with E-state index < -0.39 is 0 Å². The summed E-state index contributed by atoms with van der Waals surface area (Å²) in [5, 5.41) is 3.11. The molecule has 1 nitrogen and oxygen atoms in total. The fourth-order valence-corrected chi connectivity index (χ4v) is 0.784. The van der Waals surface area contributed by atoms with Gasteiger partial charge in [-0.1, -0.05) is 49.7 Å². The van der Waals surface area contributed by atoms with E-state index in [0.29, 0.717) is 0 Å². The third-order valence-corrected chi connectivity index (χ3v) is 1.44. The van der Waals surface area contributed by atoms with E-state index in [-0.39, 0.29) is 0 Å². The van der Waals surface area contributed by atoms with Gasteiger partial charge in [0.1, 0.15) is 0 Å². The molecule has 0 aliphatic rings. The second kappa shape index (κ2) is 8.28. The van der Waals surface area contributed by atoms with Gasteiger partial charge in [0.2, 0.25) is 0 Å². The summed E-state index contributed by atoms with van der Waals surface area (Å²) in [6.45, 7) is 8.47. The van der Waals surface area contributed by atoms with Crippen LogP contribution in [0.25, 0.3) is 0 Å². The number of rotatable bonds is 2. The Hall–Kier alpha value is -0.820. The molecule has 1 aromatic carbocycles. The van der Waals surface area contributed by atoms with E-state index in [9.17, 15) is 0 Å². The first-order valence-electron chi connectivity index (χ1n) is 4.53. The van der Waals surface area contributed by atoms with Crippen molar-refractivity contribution in [3.63, 3.8) is 0 Å². The Morgan fingerprint density at radius 2 is 1.50 bits per heavy atom. The highest BCUT2D eigenvalue weighted by molar-refractivity contribution is 5.11. The fraction of sp³-hybridized carbons (Fsp3) is 0.455. The summed E-state index contributed by atoms with van der Waals surface area (Å²) in [7, 11) is 0. The number of aryl methyl sites for hydroxylation is 1. The van der Waals surface area contributed by atoms with E-state index in [1.54, 1.807) is 0 Å². The van der Waals surface area contributed by atoms with E-state index in [1.165, 1.54) is 5.56 Å². The number of nitrogens with one attached hydrogen (secondary N) is 1. The maximum atomic E-state index is 3.11. The van der Waals surface area contributed by atoms with E-state index in [0.717, 1.165) is 13.1 Å². The van der Waals surface area contributed by atoms with Crippen LogP contribution in [0.3, 0.4) is 0 Å². The van der Waals surface area contributed by atoms with Crippen molar-refractivity contribution >= 4 is 0 Å². The van der Waals surface area contributed by atoms with Crippen LogP contribution in [0.4, 0.5) is 0 Å². The molecule has 0 aliphatic heterocycles. The minimum Gasteiger partial charge on any atom is -0.317 e. The van der Waals surface area contributed by atoms with Crippen molar-refractivity contribution in [1.82, 2.24) is 5.32 Å². The Balaban J connectivity index is 0.000000217. The van der Waals surface area contributed by atoms with Crippen LogP contribution in [0.1, 0.15) is 19.4 Å². The Kier molecular flexibility index (Phi) is 7.71. The van der Waals surface area contributed by atoms with Crippen molar-refractivity contribution in [1.29, 1.82) is 0 Å². The lowest BCUT2D eigenvalue weighted by atomic mass is 10.2. The summed E-state index contributed by atoms with van der Waals surface area (Å²) in [6.07, 6.45) is 0. The summed E-state index contributed by atoms with van der Waals surface area (Å²) >= 11 is 0. The minimum atomic E-state index is 1.09. The Morgan fingerprint density at radius 1 is 1.00 bits per heavy atom. The maximum absolute atomic E-state index is 3.11. The smallest absolute Gasteiger partial charge is 0.00775 e. The van der Waals surface area contributed by atoms with Gasteiger partial charge >= 0.3 is 0 Å². The van der Waals surface area contributed by atoms with Crippen LogP contribution >= 0.6 is 0 Å². The van der Waals surface area contributed by atoms with Gasteiger partial charge in [0.25, 0.3) is 0 Å². The van der Waals surface area contributed by atoms with Gasteiger partial charge in [-0.15, -0.1) is 0 Å². The lowest BCUT2D eigenvalue weighted by molar-refractivity contribution is 0.762. The SMILES string of the molecule is CCNCC.Cc1ccccc1. The molecule has 0 aromatic heterocycles. The zero-order valence-electron chi connectivity index (χ0n) is 8.30. The molecule has 0 fully saturated rings. The molecular weight excluding hydrogens is 146 g/mol. The summed E-state index contributed by atoms with van der Waals surface area (Å²) in [5.41, 5.74) is 1.32. The zero-order valence-corrected chi connectivity index (χ0v) is 8.30. The van der Waals surface area contributed by atoms with Gasteiger partial charge in [0, 0.05) is 0 Å². The molecule has 68 valence electrons. The first-order chi connectivity index (χ1) is 5.81. The molecule has 1 aromatic rings. The van der Waals surface area contributed by atoms with Crippen molar-refractivity contribution < 1.29 is 0 Å². The average molecular weight is 165 g/mol. The van der Waals surface area contributed by atoms with Crippen LogP contribution in [0.2, 0.25) is 0 Å². The third-order valence-electron chi connectivity index (χ3n) is 1.44. The molecule has 1 N–H and O–H groups in total. The van der Waals surface area contributed by atoms with Gasteiger partial charge < -0.3 is 5.32 Å². The summed E-state index contributed by atoms with van der Waals surface area (Å²) in [4.78, 5) is 0. The molecule has 1 rings (SSSR count). The van der Waals surface area contributed by atoms with E-state index in [1.807, 2.05) is 18.2 Å². The molecule has 0 radical (unpaired) electrons. The van der Waals surface area contributed by atoms with Crippen molar-refractivity contribution in [3.05, 3.63) is 35.9 Å². The maximum Gasteiger partial charge on any atom is -0.00775 e. The molecule has 0 saturated carbocycles. The zero-order chi connectivity index (χ0) is 9.23. The van der Waals surface area contributed by atoms with Gasteiger partial charge in [0.05, 0.1) is 0 Å². The van der Waals surface area contributed by atoms with Gasteiger partial charge in [-0.3, -0.25) is 0 Å². The Labute approximate surface area is 75.8 Å². The largest absolute Gasteiger partial charge is 0.317 e. The average Bonchev–Trinajstić information content (AvgIpc) is 2.08. The molecule has 0 saturated heterocycles. The topological polar surface area (TPSA) is 12.0 Å². The molecule has 0 aliphatic carbocycles. The summed E-state index contributed by atoms with van der Waals surface area (Å²) < 4.78 is 0. The molecule has 0 bridgehead atoms. The minimum absolute atomic E-state index is 1.09. The fourth-order valence-electron chi connectivity index (χ4n) is 0.784. The van der Waals surface area contributed by atoms with E-state index in [2.05, 4.69) is 38.2 Å². The molecule has 1 heteroatoms. The molecular formula is C11H19N. The van der Waals surface area contributed by atoms with Gasteiger partial charge in [-0.05, 0) is 20.0 Å². The van der Waals surface area contributed by atoms with Gasteiger partial charge in [-0.2, -0.15) is 0 Å². The molecule has 0 heterocycles. The first kappa shape index (κ1) is 11.2. The highest BCUT2D eigenvalue weighted by Crippen LogP contribution is 1.92. The van der Waals surface area contributed by atoms with E-state index >= 15 is 0 Å². The van der Waals surface area contributed by atoms with Gasteiger partial charge in [-0.25, -0.2) is 0 Å². The predicted octanol–water partition coefficient (Wildman–Crippen LogP) is 2.61. The number of benzene rings is 1. The highest BCUT2D eigenvalue weighted by Gasteiger charge is 1.72. The van der Waals surface area contributed by atoms with Crippen molar-refractivity contribution in [2.75, 3.05) is 13.1 Å². The lowest BCUT2D eigenvalue weighted by Crippen LogP contribution is -2.09. The standard InChI is InChI=1S/C7H8.C4H11N/c1-7-5-3-2-4-6-7;1-3-5-4-2/h2-6H,1H3;5H,3-4H2,1-2H3. The summed E-state index contributed by atoms with van der Waals surface area (Å²) in [5.74, 6) is 0. The second-order valence-electron chi connectivity index (χ2n) is 2.61. The Bertz CT molecular complexity index is 168. The first-order valence-corrected chi connectivity index (χ1v) is 4.53. The van der Waals surface area contributed by atoms with Crippen LogP contribution in [0.5, 0.6) is 0 Å². The third kappa shape index (κ3) is 7.29. The number of hydrogen-bond donors (Lipinski definition) is 1. The van der Waals surface area contributed by atoms with Crippen LogP contribution in [-0.2, 0) is 0 Å². The quantitative estimate of drug-likeness (QED) is 0.710. The van der Waals surface area contributed by atoms with Crippen molar-refractivity contribution in [2.45, 2.75) is 20.8 Å². The molecule has 0 unspecified atom stereocenters. The van der Waals surface area contributed by atoms with E-state index in [4.69, 9.17) is 0 Å². The second-order valence-corrected chi connectivity index (χ2v) is 2.61. The number of hydrogen-bond acceptors (Lipinski definition) is 1.